The molecule has 4 nitrogen and oxygen atoms in total. The van der Waals surface area contributed by atoms with Crippen molar-refractivity contribution >= 4 is 65.7 Å². The van der Waals surface area contributed by atoms with Crippen molar-refractivity contribution in [2.45, 2.75) is 0 Å². The van der Waals surface area contributed by atoms with Gasteiger partial charge in [-0.05, 0) is 71.8 Å². The van der Waals surface area contributed by atoms with Crippen molar-refractivity contribution < 1.29 is 8.83 Å². The Kier molecular flexibility index (Phi) is 5.92. The fraction of sp³-hybridized carbons (Fsp3) is 0. The molecule has 238 valence electrons. The van der Waals surface area contributed by atoms with E-state index in [1.807, 2.05) is 30.3 Å². The molecular weight excluding hydrogens is 625 g/mol. The number of aromatic nitrogens is 2. The molecule has 0 saturated heterocycles. The van der Waals surface area contributed by atoms with Crippen LogP contribution in [0.2, 0.25) is 0 Å². The van der Waals surface area contributed by atoms with E-state index >= 15 is 0 Å². The first kappa shape index (κ1) is 28.0. The molecule has 0 aliphatic rings. The maximum absolute atomic E-state index is 6.51. The maximum atomic E-state index is 6.51. The van der Waals surface area contributed by atoms with E-state index in [9.17, 15) is 0 Å². The summed E-state index contributed by atoms with van der Waals surface area (Å²) in [6, 6.07) is 59.4. The molecule has 0 unspecified atom stereocenters. The monoisotopic (exact) mass is 652 g/mol. The lowest BCUT2D eigenvalue weighted by Gasteiger charge is -2.12. The number of pyridine rings is 1. The quantitative estimate of drug-likeness (QED) is 0.190. The highest BCUT2D eigenvalue weighted by atomic mass is 16.3. The molecule has 4 heteroatoms. The zero-order chi connectivity index (χ0) is 33.5. The lowest BCUT2D eigenvalue weighted by Crippen LogP contribution is -1.94. The van der Waals surface area contributed by atoms with E-state index in [1.165, 1.54) is 5.39 Å². The second-order valence-electron chi connectivity index (χ2n) is 13.1. The molecule has 4 aromatic heterocycles. The molecule has 0 bridgehead atoms. The molecule has 11 rings (SSSR count). The van der Waals surface area contributed by atoms with Gasteiger partial charge in [0.15, 0.2) is 0 Å². The lowest BCUT2D eigenvalue weighted by atomic mass is 9.99. The average Bonchev–Trinajstić information content (AvgIpc) is 3.88. The van der Waals surface area contributed by atoms with Crippen LogP contribution in [0.3, 0.4) is 0 Å². The molecular formula is C47H28N2O2. The minimum absolute atomic E-state index is 0.850. The summed E-state index contributed by atoms with van der Waals surface area (Å²) in [5, 5.41) is 6.78. The molecule has 0 amide bonds. The van der Waals surface area contributed by atoms with E-state index in [1.54, 1.807) is 0 Å². The number of hydrogen-bond acceptors (Lipinski definition) is 3. The molecule has 0 aliphatic heterocycles. The highest BCUT2D eigenvalue weighted by Crippen LogP contribution is 2.41. The topological polar surface area (TPSA) is 44.1 Å². The van der Waals surface area contributed by atoms with Crippen molar-refractivity contribution in [3.63, 3.8) is 0 Å². The Morgan fingerprint density at radius 3 is 1.80 bits per heavy atom. The summed E-state index contributed by atoms with van der Waals surface area (Å²) in [6.45, 7) is 0. The van der Waals surface area contributed by atoms with Gasteiger partial charge < -0.3 is 13.4 Å². The third kappa shape index (κ3) is 4.23. The van der Waals surface area contributed by atoms with Gasteiger partial charge in [0.1, 0.15) is 22.3 Å². The predicted octanol–water partition coefficient (Wildman–Crippen LogP) is 13.0. The first-order valence-electron chi connectivity index (χ1n) is 17.2. The van der Waals surface area contributed by atoms with Crippen molar-refractivity contribution in [3.05, 3.63) is 170 Å². The van der Waals surface area contributed by atoms with Crippen LogP contribution in [0.5, 0.6) is 0 Å². The number of para-hydroxylation sites is 4. The number of nitrogens with zero attached hydrogens (tertiary/aromatic N) is 2. The smallest absolute Gasteiger partial charge is 0.145 e. The summed E-state index contributed by atoms with van der Waals surface area (Å²) < 4.78 is 15.3. The van der Waals surface area contributed by atoms with Crippen molar-refractivity contribution in [3.8, 4) is 39.3 Å². The second kappa shape index (κ2) is 10.8. The summed E-state index contributed by atoms with van der Waals surface area (Å²) in [5.74, 6) is 0. The summed E-state index contributed by atoms with van der Waals surface area (Å²) in [5.41, 5.74) is 12.9. The molecule has 0 radical (unpaired) electrons. The van der Waals surface area contributed by atoms with Gasteiger partial charge in [-0.15, -0.1) is 0 Å². The summed E-state index contributed by atoms with van der Waals surface area (Å²) in [6.07, 6.45) is 0. The molecule has 0 atom stereocenters. The van der Waals surface area contributed by atoms with Gasteiger partial charge in [0.05, 0.1) is 27.8 Å². The fourth-order valence-corrected chi connectivity index (χ4v) is 7.86. The molecule has 11 aromatic rings. The van der Waals surface area contributed by atoms with Gasteiger partial charge in [0.2, 0.25) is 0 Å². The number of benzene rings is 7. The van der Waals surface area contributed by atoms with Crippen LogP contribution in [0.25, 0.3) is 105 Å². The van der Waals surface area contributed by atoms with Crippen LogP contribution in [-0.2, 0) is 0 Å². The summed E-state index contributed by atoms with van der Waals surface area (Å²) >= 11 is 0. The first-order valence-corrected chi connectivity index (χ1v) is 17.2. The highest BCUT2D eigenvalue weighted by molar-refractivity contribution is 6.23. The van der Waals surface area contributed by atoms with Gasteiger partial charge >= 0.3 is 0 Å². The van der Waals surface area contributed by atoms with Crippen LogP contribution < -0.4 is 0 Å². The Hall–Kier alpha value is -6.91. The van der Waals surface area contributed by atoms with Crippen LogP contribution in [-0.4, -0.2) is 9.55 Å². The van der Waals surface area contributed by atoms with Crippen molar-refractivity contribution in [1.82, 2.24) is 9.55 Å². The van der Waals surface area contributed by atoms with E-state index in [4.69, 9.17) is 13.8 Å². The zero-order valence-corrected chi connectivity index (χ0v) is 27.4. The van der Waals surface area contributed by atoms with Crippen molar-refractivity contribution in [2.75, 3.05) is 0 Å². The Bertz CT molecular complexity index is 3130. The molecule has 7 aromatic carbocycles. The maximum Gasteiger partial charge on any atom is 0.145 e. The van der Waals surface area contributed by atoms with E-state index in [0.29, 0.717) is 0 Å². The zero-order valence-electron chi connectivity index (χ0n) is 27.4. The van der Waals surface area contributed by atoms with E-state index in [0.717, 1.165) is 99.6 Å². The molecule has 0 saturated carbocycles. The number of fused-ring (bicyclic) bond motifs is 10. The minimum Gasteiger partial charge on any atom is -0.455 e. The Balaban J connectivity index is 1.08. The molecule has 51 heavy (non-hydrogen) atoms. The van der Waals surface area contributed by atoms with Gasteiger partial charge in [-0.2, -0.15) is 0 Å². The molecule has 4 heterocycles. The molecule has 0 aliphatic carbocycles. The minimum atomic E-state index is 0.850. The largest absolute Gasteiger partial charge is 0.455 e. The number of furan rings is 2. The van der Waals surface area contributed by atoms with Crippen LogP contribution in [0.4, 0.5) is 0 Å². The summed E-state index contributed by atoms with van der Waals surface area (Å²) in [4.78, 5) is 5.21. The Morgan fingerprint density at radius 2 is 1.02 bits per heavy atom. The number of rotatable bonds is 4. The Morgan fingerprint density at radius 1 is 0.392 bits per heavy atom. The summed E-state index contributed by atoms with van der Waals surface area (Å²) in [7, 11) is 0. The lowest BCUT2D eigenvalue weighted by molar-refractivity contribution is 0.670. The van der Waals surface area contributed by atoms with Crippen LogP contribution >= 0.6 is 0 Å². The molecule has 0 N–H and O–H groups in total. The third-order valence-electron chi connectivity index (χ3n) is 10.2. The first-order chi connectivity index (χ1) is 25.3. The van der Waals surface area contributed by atoms with Crippen LogP contribution in [0.1, 0.15) is 0 Å². The predicted molar refractivity (Wildman–Crippen MR) is 209 cm³/mol. The van der Waals surface area contributed by atoms with Crippen molar-refractivity contribution in [2.24, 2.45) is 0 Å². The Labute approximate surface area is 292 Å². The van der Waals surface area contributed by atoms with Crippen molar-refractivity contribution in [1.29, 1.82) is 0 Å². The van der Waals surface area contributed by atoms with Gasteiger partial charge in [-0.1, -0.05) is 109 Å². The van der Waals surface area contributed by atoms with E-state index in [-0.39, 0.29) is 0 Å². The average molecular weight is 653 g/mol. The van der Waals surface area contributed by atoms with E-state index < -0.39 is 0 Å². The second-order valence-corrected chi connectivity index (χ2v) is 13.1. The van der Waals surface area contributed by atoms with Crippen LogP contribution in [0, 0.1) is 0 Å². The van der Waals surface area contributed by atoms with Gasteiger partial charge in [-0.3, -0.25) is 0 Å². The molecule has 0 spiro atoms. The van der Waals surface area contributed by atoms with Gasteiger partial charge in [0, 0.05) is 43.7 Å². The highest BCUT2D eigenvalue weighted by Gasteiger charge is 2.19. The third-order valence-corrected chi connectivity index (χ3v) is 10.2. The SMILES string of the molecule is c1ccc(-c2cc(-c3ccc(-n4c5ccccc5c5c6oc7ccccc7c6ccc54)cc3)cc(-c3cccc4c3oc3ccccc34)n2)cc1. The van der Waals surface area contributed by atoms with Gasteiger partial charge in [0.25, 0.3) is 0 Å². The molecule has 0 fully saturated rings. The van der Waals surface area contributed by atoms with E-state index in [2.05, 4.69) is 144 Å². The van der Waals surface area contributed by atoms with Crippen LogP contribution in [0.15, 0.2) is 179 Å². The normalized spacial score (nSPS) is 11.9. The number of hydrogen-bond donors (Lipinski definition) is 0. The standard InChI is InChI=1S/C47H28N2O2/c1-2-11-30(12-3-1)39-27-31(28-40(48-39)37-17-10-16-35-33-13-5-8-19-43(33)50-46(35)37)29-21-23-32(24-22-29)49-41-18-7-4-15-38(41)45-42(49)26-25-36-34-14-6-9-20-44(34)51-47(36)45/h1-28H. The fourth-order valence-electron chi connectivity index (χ4n) is 7.86. The van der Waals surface area contributed by atoms with Gasteiger partial charge in [-0.25, -0.2) is 4.98 Å².